The molecule has 0 aromatic heterocycles. The molecule has 1 amide bonds. The summed E-state index contributed by atoms with van der Waals surface area (Å²) in [6.07, 6.45) is 0.644. The average Bonchev–Trinajstić information content (AvgIpc) is 3.26. The van der Waals surface area contributed by atoms with Crippen LogP contribution in [0.4, 0.5) is 0 Å². The van der Waals surface area contributed by atoms with Gasteiger partial charge in [-0.1, -0.05) is 36.4 Å². The van der Waals surface area contributed by atoms with Crippen molar-refractivity contribution in [3.8, 4) is 17.2 Å². The highest BCUT2D eigenvalue weighted by molar-refractivity contribution is 6.46. The number of aromatic hydroxyl groups is 1. The molecular weight excluding hydrogens is 536 g/mol. The number of ether oxygens (including phenoxy) is 3. The molecule has 2 heterocycles. The minimum absolute atomic E-state index is 0.00327. The summed E-state index contributed by atoms with van der Waals surface area (Å²) in [5.74, 6) is -0.889. The fourth-order valence-electron chi connectivity index (χ4n) is 5.46. The van der Waals surface area contributed by atoms with E-state index < -0.39 is 17.7 Å². The highest BCUT2D eigenvalue weighted by Crippen LogP contribution is 2.42. The highest BCUT2D eigenvalue weighted by atomic mass is 16.5. The van der Waals surface area contributed by atoms with Gasteiger partial charge < -0.3 is 29.3 Å². The fraction of sp³-hybridized carbons (Fsp3) is 0.333. The molecule has 3 aromatic rings. The van der Waals surface area contributed by atoms with E-state index in [9.17, 15) is 19.8 Å². The summed E-state index contributed by atoms with van der Waals surface area (Å²) < 4.78 is 16.7. The van der Waals surface area contributed by atoms with Crippen LogP contribution in [0, 0.1) is 6.92 Å². The number of methoxy groups -OCH3 is 1. The number of carbonyl (C=O) groups is 2. The number of phenolic OH excluding ortho intramolecular Hbond substituents is 1. The number of benzene rings is 3. The van der Waals surface area contributed by atoms with Gasteiger partial charge in [-0.25, -0.2) is 0 Å². The van der Waals surface area contributed by atoms with Gasteiger partial charge in [-0.2, -0.15) is 0 Å². The SMILES string of the molecule is COc1cc([C@@H]2/C(=C(\O)c3ccc(OCc4ccccc4)c(C)c3)C(=O)C(=O)N2CCCN2CCOCC2)ccc1O. The van der Waals surface area contributed by atoms with Crippen molar-refractivity contribution in [2.75, 3.05) is 46.5 Å². The smallest absolute Gasteiger partial charge is 0.295 e. The topological polar surface area (TPSA) is 109 Å². The normalized spacial score (nSPS) is 18.8. The Balaban J connectivity index is 1.45. The lowest BCUT2D eigenvalue weighted by molar-refractivity contribution is -0.140. The maximum absolute atomic E-state index is 13.5. The van der Waals surface area contributed by atoms with Crippen LogP contribution >= 0.6 is 0 Å². The Morgan fingerprint density at radius 2 is 1.74 bits per heavy atom. The van der Waals surface area contributed by atoms with E-state index in [4.69, 9.17) is 14.2 Å². The second kappa shape index (κ2) is 13.1. The van der Waals surface area contributed by atoms with E-state index in [0.717, 1.165) is 30.8 Å². The van der Waals surface area contributed by atoms with E-state index in [1.54, 1.807) is 30.3 Å². The number of aliphatic hydroxyl groups excluding tert-OH is 1. The predicted octanol–water partition coefficient (Wildman–Crippen LogP) is 4.43. The van der Waals surface area contributed by atoms with Gasteiger partial charge >= 0.3 is 0 Å². The van der Waals surface area contributed by atoms with Crippen molar-refractivity contribution in [2.24, 2.45) is 0 Å². The quantitative estimate of drug-likeness (QED) is 0.209. The number of aliphatic hydroxyl groups is 1. The lowest BCUT2D eigenvalue weighted by atomic mass is 9.94. The Morgan fingerprint density at radius 3 is 2.45 bits per heavy atom. The van der Waals surface area contributed by atoms with Crippen LogP contribution in [0.3, 0.4) is 0 Å². The first-order valence-electron chi connectivity index (χ1n) is 14.1. The first-order valence-corrected chi connectivity index (χ1v) is 14.1. The summed E-state index contributed by atoms with van der Waals surface area (Å²) in [4.78, 5) is 30.6. The van der Waals surface area contributed by atoms with Gasteiger partial charge in [0.2, 0.25) is 0 Å². The molecule has 0 spiro atoms. The Bertz CT molecular complexity index is 1460. The lowest BCUT2D eigenvalue weighted by Crippen LogP contribution is -2.38. The number of aryl methyl sites for hydroxylation is 1. The van der Waals surface area contributed by atoms with Crippen LogP contribution in [0.1, 0.15) is 34.7 Å². The molecular formula is C33H36N2O7. The Labute approximate surface area is 245 Å². The van der Waals surface area contributed by atoms with Crippen LogP contribution in [0.5, 0.6) is 17.2 Å². The standard InChI is InChI=1S/C33H36N2O7/c1-22-19-25(10-12-27(22)42-21-23-7-4-3-5-8-23)31(37)29-30(24-9-11-26(36)28(20-24)40-2)35(33(39)32(29)38)14-6-13-34-15-17-41-18-16-34/h3-5,7-12,19-20,30,36-37H,6,13-18,21H2,1-2H3/b31-29+/t30-/m1/s1. The summed E-state index contributed by atoms with van der Waals surface area (Å²) in [6.45, 7) is 6.32. The molecule has 3 aromatic carbocycles. The Morgan fingerprint density at radius 1 is 0.976 bits per heavy atom. The number of phenols is 1. The summed E-state index contributed by atoms with van der Waals surface area (Å²) >= 11 is 0. The summed E-state index contributed by atoms with van der Waals surface area (Å²) in [6, 6.07) is 18.8. The summed E-state index contributed by atoms with van der Waals surface area (Å²) in [7, 11) is 1.43. The van der Waals surface area contributed by atoms with Crippen LogP contribution < -0.4 is 9.47 Å². The number of amides is 1. The first kappa shape index (κ1) is 29.2. The maximum atomic E-state index is 13.5. The molecule has 0 radical (unpaired) electrons. The zero-order valence-corrected chi connectivity index (χ0v) is 23.9. The number of ketones is 1. The molecule has 220 valence electrons. The minimum Gasteiger partial charge on any atom is -0.507 e. The molecule has 2 fully saturated rings. The molecule has 0 unspecified atom stereocenters. The van der Waals surface area contributed by atoms with Gasteiger partial charge in [0.05, 0.1) is 31.9 Å². The number of morpholine rings is 1. The average molecular weight is 573 g/mol. The molecule has 2 aliphatic rings. The van der Waals surface area contributed by atoms with Gasteiger partial charge in [0.15, 0.2) is 11.5 Å². The third-order valence-corrected chi connectivity index (χ3v) is 7.72. The van der Waals surface area contributed by atoms with E-state index in [2.05, 4.69) is 4.90 Å². The van der Waals surface area contributed by atoms with Crippen molar-refractivity contribution in [1.29, 1.82) is 0 Å². The van der Waals surface area contributed by atoms with Crippen LogP contribution in [0.15, 0.2) is 72.3 Å². The fourth-order valence-corrected chi connectivity index (χ4v) is 5.46. The van der Waals surface area contributed by atoms with E-state index in [1.807, 2.05) is 37.3 Å². The second-order valence-electron chi connectivity index (χ2n) is 10.5. The minimum atomic E-state index is -0.849. The molecule has 9 nitrogen and oxygen atoms in total. The summed E-state index contributed by atoms with van der Waals surface area (Å²) in [5.41, 5.74) is 2.76. The van der Waals surface area contributed by atoms with Gasteiger partial charge in [-0.15, -0.1) is 0 Å². The van der Waals surface area contributed by atoms with Crippen LogP contribution in [-0.4, -0.2) is 78.2 Å². The molecule has 5 rings (SSSR count). The second-order valence-corrected chi connectivity index (χ2v) is 10.5. The molecule has 2 saturated heterocycles. The zero-order chi connectivity index (χ0) is 29.6. The Hall–Kier alpha value is -4.34. The number of hydrogen-bond acceptors (Lipinski definition) is 8. The van der Waals surface area contributed by atoms with Gasteiger partial charge in [-0.3, -0.25) is 14.5 Å². The van der Waals surface area contributed by atoms with E-state index in [1.165, 1.54) is 18.1 Å². The number of likely N-dealkylation sites (tertiary alicyclic amines) is 1. The maximum Gasteiger partial charge on any atom is 0.295 e. The van der Waals surface area contributed by atoms with Crippen molar-refractivity contribution in [1.82, 2.24) is 9.80 Å². The number of Topliss-reactive ketones (excluding diaryl/α,β-unsaturated/α-hetero) is 1. The van der Waals surface area contributed by atoms with Crippen molar-refractivity contribution in [3.63, 3.8) is 0 Å². The predicted molar refractivity (Wildman–Crippen MR) is 157 cm³/mol. The summed E-state index contributed by atoms with van der Waals surface area (Å²) in [5, 5.41) is 21.7. The van der Waals surface area contributed by atoms with Crippen molar-refractivity contribution < 1.29 is 34.0 Å². The van der Waals surface area contributed by atoms with Crippen molar-refractivity contribution >= 4 is 17.4 Å². The Kier molecular flexibility index (Phi) is 9.09. The monoisotopic (exact) mass is 572 g/mol. The van der Waals surface area contributed by atoms with Crippen molar-refractivity contribution in [2.45, 2.75) is 26.0 Å². The molecule has 0 bridgehead atoms. The van der Waals surface area contributed by atoms with Gasteiger partial charge in [0, 0.05) is 31.7 Å². The molecule has 0 aliphatic carbocycles. The molecule has 2 N–H and O–H groups in total. The van der Waals surface area contributed by atoms with Crippen LogP contribution in [0.25, 0.3) is 5.76 Å². The lowest BCUT2D eigenvalue weighted by Gasteiger charge is -2.29. The van der Waals surface area contributed by atoms with Gasteiger partial charge in [0.1, 0.15) is 18.1 Å². The number of rotatable bonds is 10. The van der Waals surface area contributed by atoms with Crippen LogP contribution in [0.2, 0.25) is 0 Å². The molecule has 42 heavy (non-hydrogen) atoms. The van der Waals surface area contributed by atoms with E-state index >= 15 is 0 Å². The van der Waals surface area contributed by atoms with E-state index in [-0.39, 0.29) is 22.8 Å². The number of carbonyl (C=O) groups excluding carboxylic acids is 2. The number of hydrogen-bond donors (Lipinski definition) is 2. The molecule has 9 heteroatoms. The first-order chi connectivity index (χ1) is 20.4. The third-order valence-electron chi connectivity index (χ3n) is 7.72. The van der Waals surface area contributed by atoms with Gasteiger partial charge in [-0.05, 0) is 60.4 Å². The largest absolute Gasteiger partial charge is 0.507 e. The highest BCUT2D eigenvalue weighted by Gasteiger charge is 2.46. The third kappa shape index (κ3) is 6.27. The van der Waals surface area contributed by atoms with Gasteiger partial charge in [0.25, 0.3) is 11.7 Å². The van der Waals surface area contributed by atoms with E-state index in [0.29, 0.717) is 49.7 Å². The molecule has 0 saturated carbocycles. The zero-order valence-electron chi connectivity index (χ0n) is 23.9. The molecule has 2 aliphatic heterocycles. The van der Waals surface area contributed by atoms with Crippen LogP contribution in [-0.2, 0) is 20.9 Å². The molecule has 1 atom stereocenters. The number of nitrogens with zero attached hydrogens (tertiary/aromatic N) is 2. The van der Waals surface area contributed by atoms with Crippen molar-refractivity contribution in [3.05, 3.63) is 94.6 Å².